The maximum atomic E-state index is 6.14. The molecule has 0 spiro atoms. The molecule has 1 aliphatic rings. The predicted octanol–water partition coefficient (Wildman–Crippen LogP) is 4.42. The van der Waals surface area contributed by atoms with Crippen molar-refractivity contribution in [3.8, 4) is 0 Å². The molecule has 0 saturated carbocycles. The molecule has 5 nitrogen and oxygen atoms in total. The quantitative estimate of drug-likeness (QED) is 0.522. The number of piperidine rings is 1. The predicted molar refractivity (Wildman–Crippen MR) is 122 cm³/mol. The Morgan fingerprint density at radius 2 is 2.00 bits per heavy atom. The van der Waals surface area contributed by atoms with Crippen molar-refractivity contribution < 1.29 is 0 Å². The third kappa shape index (κ3) is 6.59. The first-order valence-electron chi connectivity index (χ1n) is 10.2. The van der Waals surface area contributed by atoms with Gasteiger partial charge in [-0.2, -0.15) is 0 Å². The minimum Gasteiger partial charge on any atom is -0.357 e. The third-order valence-corrected chi connectivity index (χ3v) is 5.91. The number of hydrogen-bond acceptors (Lipinski definition) is 3. The van der Waals surface area contributed by atoms with Crippen molar-refractivity contribution in [2.45, 2.75) is 45.8 Å². The number of aryl methyl sites for hydroxylation is 1. The van der Waals surface area contributed by atoms with Crippen LogP contribution in [-0.2, 0) is 13.1 Å². The van der Waals surface area contributed by atoms with Gasteiger partial charge in [-0.1, -0.05) is 35.3 Å². The maximum Gasteiger partial charge on any atom is 0.191 e. The molecule has 29 heavy (non-hydrogen) atoms. The SMILES string of the molecule is CCNC(=NCc1ncccc1C)NC1CCN(Cc2ccc(Cl)c(Cl)c2)CC1. The number of pyridine rings is 1. The molecule has 1 fully saturated rings. The van der Waals surface area contributed by atoms with Crippen molar-refractivity contribution in [3.05, 3.63) is 63.4 Å². The highest BCUT2D eigenvalue weighted by Gasteiger charge is 2.20. The Hall–Kier alpha value is -1.82. The van der Waals surface area contributed by atoms with Crippen molar-refractivity contribution in [1.29, 1.82) is 0 Å². The Morgan fingerprint density at radius 1 is 1.21 bits per heavy atom. The van der Waals surface area contributed by atoms with Gasteiger partial charge >= 0.3 is 0 Å². The van der Waals surface area contributed by atoms with E-state index in [1.807, 2.05) is 30.5 Å². The van der Waals surface area contributed by atoms with E-state index in [1.165, 1.54) is 11.1 Å². The van der Waals surface area contributed by atoms with E-state index in [9.17, 15) is 0 Å². The molecule has 1 aliphatic heterocycles. The molecule has 0 amide bonds. The number of nitrogens with zero attached hydrogens (tertiary/aromatic N) is 3. The van der Waals surface area contributed by atoms with Gasteiger partial charge in [0.1, 0.15) is 0 Å². The van der Waals surface area contributed by atoms with Crippen LogP contribution in [0.3, 0.4) is 0 Å². The van der Waals surface area contributed by atoms with Crippen LogP contribution in [-0.4, -0.2) is 41.5 Å². The summed E-state index contributed by atoms with van der Waals surface area (Å²) in [6.45, 7) is 8.55. The summed E-state index contributed by atoms with van der Waals surface area (Å²) in [5.74, 6) is 0.862. The standard InChI is InChI=1S/C22H29Cl2N5/c1-3-25-22(27-14-21-16(2)5-4-10-26-21)28-18-8-11-29(12-9-18)15-17-6-7-19(23)20(24)13-17/h4-7,10,13,18H,3,8-9,11-12,14-15H2,1-2H3,(H2,25,27,28). The van der Waals surface area contributed by atoms with E-state index >= 15 is 0 Å². The van der Waals surface area contributed by atoms with Crippen LogP contribution in [0.1, 0.15) is 36.6 Å². The summed E-state index contributed by atoms with van der Waals surface area (Å²) in [7, 11) is 0. The highest BCUT2D eigenvalue weighted by molar-refractivity contribution is 6.42. The topological polar surface area (TPSA) is 52.6 Å². The summed E-state index contributed by atoms with van der Waals surface area (Å²) < 4.78 is 0. The number of guanidine groups is 1. The van der Waals surface area contributed by atoms with Crippen LogP contribution < -0.4 is 10.6 Å². The average Bonchev–Trinajstić information content (AvgIpc) is 2.71. The molecule has 2 heterocycles. The Balaban J connectivity index is 1.51. The van der Waals surface area contributed by atoms with Crippen molar-refractivity contribution in [2.24, 2.45) is 4.99 Å². The van der Waals surface area contributed by atoms with E-state index in [2.05, 4.69) is 40.4 Å². The summed E-state index contributed by atoms with van der Waals surface area (Å²) in [6, 6.07) is 10.3. The van der Waals surface area contributed by atoms with Gasteiger partial charge in [-0.15, -0.1) is 0 Å². The monoisotopic (exact) mass is 433 g/mol. The highest BCUT2D eigenvalue weighted by atomic mass is 35.5. The number of hydrogen-bond donors (Lipinski definition) is 2. The minimum absolute atomic E-state index is 0.419. The zero-order valence-electron chi connectivity index (χ0n) is 17.1. The zero-order valence-corrected chi connectivity index (χ0v) is 18.6. The van der Waals surface area contributed by atoms with Crippen LogP contribution in [0.5, 0.6) is 0 Å². The molecule has 2 N–H and O–H groups in total. The number of aliphatic imine (C=N–C) groups is 1. The van der Waals surface area contributed by atoms with Gasteiger partial charge < -0.3 is 10.6 Å². The van der Waals surface area contributed by atoms with E-state index in [1.54, 1.807) is 0 Å². The second-order valence-electron chi connectivity index (χ2n) is 7.41. The van der Waals surface area contributed by atoms with Gasteiger partial charge in [0.25, 0.3) is 0 Å². The van der Waals surface area contributed by atoms with Crippen molar-refractivity contribution >= 4 is 29.2 Å². The van der Waals surface area contributed by atoms with Gasteiger partial charge in [0, 0.05) is 38.4 Å². The molecule has 7 heteroatoms. The normalized spacial score (nSPS) is 16.1. The van der Waals surface area contributed by atoms with E-state index in [0.717, 1.165) is 50.7 Å². The van der Waals surface area contributed by atoms with E-state index < -0.39 is 0 Å². The van der Waals surface area contributed by atoms with Gasteiger partial charge in [0.2, 0.25) is 0 Å². The first-order chi connectivity index (χ1) is 14.0. The highest BCUT2D eigenvalue weighted by Crippen LogP contribution is 2.24. The summed E-state index contributed by atoms with van der Waals surface area (Å²) in [5.41, 5.74) is 3.38. The van der Waals surface area contributed by atoms with E-state index in [-0.39, 0.29) is 0 Å². The van der Waals surface area contributed by atoms with Gasteiger partial charge in [-0.05, 0) is 56.0 Å². The molecule has 0 radical (unpaired) electrons. The average molecular weight is 434 g/mol. The number of rotatable bonds is 6. The fourth-order valence-electron chi connectivity index (χ4n) is 3.48. The minimum atomic E-state index is 0.419. The molecular weight excluding hydrogens is 405 g/mol. The lowest BCUT2D eigenvalue weighted by Crippen LogP contribution is -2.48. The molecule has 0 unspecified atom stereocenters. The third-order valence-electron chi connectivity index (χ3n) is 5.17. The Bertz CT molecular complexity index is 832. The molecule has 2 aromatic rings. The number of nitrogens with one attached hydrogen (secondary N) is 2. The fraction of sp³-hybridized carbons (Fsp3) is 0.455. The van der Waals surface area contributed by atoms with Crippen LogP contribution in [0.25, 0.3) is 0 Å². The summed E-state index contributed by atoms with van der Waals surface area (Å²) in [6.07, 6.45) is 3.98. The lowest BCUT2D eigenvalue weighted by Gasteiger charge is -2.33. The summed E-state index contributed by atoms with van der Waals surface area (Å²) in [4.78, 5) is 11.6. The molecule has 0 aliphatic carbocycles. The largest absolute Gasteiger partial charge is 0.357 e. The fourth-order valence-corrected chi connectivity index (χ4v) is 3.80. The van der Waals surface area contributed by atoms with Crippen molar-refractivity contribution in [2.75, 3.05) is 19.6 Å². The van der Waals surface area contributed by atoms with Crippen LogP contribution in [0.4, 0.5) is 0 Å². The molecular formula is C22H29Cl2N5. The maximum absolute atomic E-state index is 6.14. The van der Waals surface area contributed by atoms with Crippen molar-refractivity contribution in [1.82, 2.24) is 20.5 Å². The van der Waals surface area contributed by atoms with E-state index in [0.29, 0.717) is 22.6 Å². The summed E-state index contributed by atoms with van der Waals surface area (Å²) >= 11 is 12.2. The van der Waals surface area contributed by atoms with Gasteiger partial charge in [0.05, 0.1) is 22.3 Å². The van der Waals surface area contributed by atoms with Crippen molar-refractivity contribution in [3.63, 3.8) is 0 Å². The second-order valence-corrected chi connectivity index (χ2v) is 8.22. The second kappa shape index (κ2) is 10.8. The van der Waals surface area contributed by atoms with Crippen LogP contribution >= 0.6 is 23.2 Å². The smallest absolute Gasteiger partial charge is 0.191 e. The molecule has 1 saturated heterocycles. The first kappa shape index (κ1) is 21.9. The molecule has 156 valence electrons. The van der Waals surface area contributed by atoms with Crippen LogP contribution in [0.15, 0.2) is 41.5 Å². The molecule has 0 atom stereocenters. The van der Waals surface area contributed by atoms with Crippen LogP contribution in [0, 0.1) is 6.92 Å². The Morgan fingerprint density at radius 3 is 2.69 bits per heavy atom. The first-order valence-corrected chi connectivity index (χ1v) is 10.9. The van der Waals surface area contributed by atoms with Gasteiger partial charge in [-0.25, -0.2) is 4.99 Å². The number of halogens is 2. The van der Waals surface area contributed by atoms with Gasteiger partial charge in [-0.3, -0.25) is 9.88 Å². The number of benzene rings is 1. The summed E-state index contributed by atoms with van der Waals surface area (Å²) in [5, 5.41) is 8.17. The molecule has 0 bridgehead atoms. The lowest BCUT2D eigenvalue weighted by molar-refractivity contribution is 0.198. The van der Waals surface area contributed by atoms with Crippen LogP contribution in [0.2, 0.25) is 10.0 Å². The number of likely N-dealkylation sites (tertiary alicyclic amines) is 1. The lowest BCUT2D eigenvalue weighted by atomic mass is 10.0. The van der Waals surface area contributed by atoms with E-state index in [4.69, 9.17) is 28.2 Å². The molecule has 1 aromatic carbocycles. The molecule has 1 aromatic heterocycles. The Kier molecular flexibility index (Phi) is 8.16. The molecule has 3 rings (SSSR count). The Labute approximate surface area is 183 Å². The van der Waals surface area contributed by atoms with Gasteiger partial charge in [0.15, 0.2) is 5.96 Å². The number of aromatic nitrogens is 1. The zero-order chi connectivity index (χ0) is 20.6.